The van der Waals surface area contributed by atoms with Crippen molar-refractivity contribution in [1.82, 2.24) is 10.6 Å². The summed E-state index contributed by atoms with van der Waals surface area (Å²) in [5, 5.41) is 59.7. The van der Waals surface area contributed by atoms with E-state index in [0.29, 0.717) is 0 Å². The highest BCUT2D eigenvalue weighted by Crippen LogP contribution is 2.33. The number of benzene rings is 1. The maximum atomic E-state index is 12.9. The Morgan fingerprint density at radius 2 is 1.16 bits per heavy atom. The maximum Gasteiger partial charge on any atom is 0.253 e. The summed E-state index contributed by atoms with van der Waals surface area (Å²) in [4.78, 5) is 25.8. The van der Waals surface area contributed by atoms with Crippen LogP contribution < -0.4 is 10.6 Å². The second-order valence-electron chi connectivity index (χ2n) is 6.18. The van der Waals surface area contributed by atoms with Crippen molar-refractivity contribution in [2.24, 2.45) is 0 Å². The minimum Gasteiger partial charge on any atom is -0.448 e. The molecule has 0 radical (unpaired) electrons. The van der Waals surface area contributed by atoms with Gasteiger partial charge in [0.2, 0.25) is 5.90 Å². The first-order valence-corrected chi connectivity index (χ1v) is 12.0. The molecule has 0 spiro atoms. The molecular weight excluding hydrogens is 755 g/mol. The van der Waals surface area contributed by atoms with E-state index in [1.165, 1.54) is 6.92 Å². The lowest BCUT2D eigenvalue weighted by Crippen LogP contribution is -2.42. The largest absolute Gasteiger partial charge is 0.448 e. The minimum atomic E-state index is -1.32. The average Bonchev–Trinajstić information content (AvgIpc) is 2.69. The molecule has 1 aromatic rings. The van der Waals surface area contributed by atoms with Gasteiger partial charge in [-0.25, -0.2) is 0 Å². The van der Waals surface area contributed by atoms with Crippen molar-refractivity contribution in [2.45, 2.75) is 25.3 Å². The molecule has 0 saturated carbocycles. The van der Waals surface area contributed by atoms with Crippen LogP contribution in [0.5, 0.6) is 0 Å². The fraction of sp³-hybridized carbons (Fsp3) is 0.471. The first-order valence-electron chi connectivity index (χ1n) is 8.73. The van der Waals surface area contributed by atoms with Crippen molar-refractivity contribution in [2.75, 3.05) is 26.4 Å². The summed E-state index contributed by atoms with van der Waals surface area (Å²) in [5.41, 5.74) is 0.0706. The number of carbonyl (C=O) groups is 2. The average molecular weight is 777 g/mol. The van der Waals surface area contributed by atoms with Crippen LogP contribution in [-0.2, 0) is 4.74 Å². The van der Waals surface area contributed by atoms with Crippen LogP contribution in [0.2, 0.25) is 0 Å². The van der Waals surface area contributed by atoms with Crippen LogP contribution in [0, 0.1) is 16.1 Å². The van der Waals surface area contributed by atoms with Gasteiger partial charge in [-0.05, 0) is 74.7 Å². The predicted molar refractivity (Wildman–Crippen MR) is 135 cm³/mol. The second kappa shape index (κ2) is 13.4. The minimum absolute atomic E-state index is 0.00263. The molecule has 2 amide bonds. The molecule has 0 aliphatic carbocycles. The Bertz CT molecular complexity index is 776. The number of amides is 2. The van der Waals surface area contributed by atoms with Crippen molar-refractivity contribution < 1.29 is 39.9 Å². The van der Waals surface area contributed by atoms with Crippen LogP contribution in [0.25, 0.3) is 0 Å². The Balaban J connectivity index is 3.71. The molecule has 1 aromatic carbocycles. The molecule has 1 rings (SSSR count). The summed E-state index contributed by atoms with van der Waals surface area (Å²) in [6, 6.07) is -1.89. The molecule has 0 bridgehead atoms. The van der Waals surface area contributed by atoms with Crippen LogP contribution in [0.1, 0.15) is 33.2 Å². The molecule has 31 heavy (non-hydrogen) atoms. The Hall–Kier alpha value is -0.380. The Morgan fingerprint density at radius 1 is 0.839 bits per heavy atom. The molecule has 0 fully saturated rings. The van der Waals surface area contributed by atoms with Gasteiger partial charge in [-0.15, -0.1) is 0 Å². The van der Waals surface area contributed by atoms with Gasteiger partial charge in [0.05, 0.1) is 55.2 Å². The molecule has 0 aromatic heterocycles. The van der Waals surface area contributed by atoms with E-state index in [0.717, 1.165) is 0 Å². The molecule has 8 N–H and O–H groups in total. The summed E-state index contributed by atoms with van der Waals surface area (Å²) in [6.07, 6.45) is -1.32. The lowest BCUT2D eigenvalue weighted by Gasteiger charge is -2.22. The van der Waals surface area contributed by atoms with E-state index in [4.69, 9.17) is 10.1 Å². The van der Waals surface area contributed by atoms with Gasteiger partial charge >= 0.3 is 0 Å². The van der Waals surface area contributed by atoms with Crippen molar-refractivity contribution in [3.63, 3.8) is 0 Å². The van der Waals surface area contributed by atoms with Crippen molar-refractivity contribution in [3.8, 4) is 0 Å². The number of hydrogen-bond donors (Lipinski definition) is 8. The summed E-state index contributed by atoms with van der Waals surface area (Å²) in [6.45, 7) is -0.779. The van der Waals surface area contributed by atoms with Gasteiger partial charge in [-0.2, -0.15) is 0 Å². The van der Waals surface area contributed by atoms with Gasteiger partial charge in [0.1, 0.15) is 0 Å². The monoisotopic (exact) mass is 777 g/mol. The Kier molecular flexibility index (Phi) is 12.3. The molecule has 0 heterocycles. The lowest BCUT2D eigenvalue weighted by molar-refractivity contribution is -0.0109. The van der Waals surface area contributed by atoms with Crippen molar-refractivity contribution in [3.05, 3.63) is 27.4 Å². The molecule has 0 aliphatic rings. The predicted octanol–water partition coefficient (Wildman–Crippen LogP) is -0.653. The zero-order valence-corrected chi connectivity index (χ0v) is 22.6. The zero-order chi connectivity index (χ0) is 23.9. The van der Waals surface area contributed by atoms with Crippen LogP contribution in [-0.4, -0.2) is 88.0 Å². The summed E-state index contributed by atoms with van der Waals surface area (Å²) in [5.74, 6) is -1.90. The third kappa shape index (κ3) is 7.30. The zero-order valence-electron chi connectivity index (χ0n) is 16.2. The molecule has 11 nitrogen and oxygen atoms in total. The number of ether oxygens (including phenoxy) is 1. The Labute approximate surface area is 218 Å². The second-order valence-corrected chi connectivity index (χ2v) is 9.42. The molecule has 0 aliphatic heterocycles. The van der Waals surface area contributed by atoms with Gasteiger partial charge in [0, 0.05) is 10.7 Å². The Morgan fingerprint density at radius 3 is 1.45 bits per heavy atom. The van der Waals surface area contributed by atoms with E-state index < -0.39 is 62.5 Å². The number of carbonyl (C=O) groups excluding carboxylic acids is 2. The summed E-state index contributed by atoms with van der Waals surface area (Å²) < 4.78 is 5.77. The third-order valence-corrected chi connectivity index (χ3v) is 7.07. The number of halogens is 3. The van der Waals surface area contributed by atoms with Gasteiger partial charge in [0.25, 0.3) is 11.8 Å². The fourth-order valence-electron chi connectivity index (χ4n) is 2.30. The normalized spacial score (nSPS) is 12.1. The van der Waals surface area contributed by atoms with E-state index in [2.05, 4.69) is 10.6 Å². The van der Waals surface area contributed by atoms with E-state index in [-0.39, 0.29) is 27.4 Å². The smallest absolute Gasteiger partial charge is 0.253 e. The van der Waals surface area contributed by atoms with E-state index in [1.807, 2.05) is 45.2 Å². The molecule has 14 heteroatoms. The third-order valence-electron chi connectivity index (χ3n) is 3.84. The first kappa shape index (κ1) is 28.7. The SMILES string of the molecule is C[C@H](O)OC(=N)c1c(I)c(C(=O)NC(CO)CO)c(I)c(C(=O)NC(CO)CO)c1I. The topological polar surface area (TPSA) is 192 Å². The highest BCUT2D eigenvalue weighted by atomic mass is 127. The standard InChI is InChI=1S/C17H22I3N3O8/c1-6(28)31-15(21)9-12(18)10(16(29)22-7(2-24)3-25)14(20)11(13(9)19)17(30)23-8(4-26)5-27/h6-8,21,24-28H,2-5H2,1H3,(H,22,29)(H,23,30)/t6-/m1/s1. The van der Waals surface area contributed by atoms with E-state index in [1.54, 1.807) is 22.6 Å². The van der Waals surface area contributed by atoms with Gasteiger partial charge in [-0.1, -0.05) is 0 Å². The molecule has 174 valence electrons. The quantitative estimate of drug-likeness (QED) is 0.0666. The highest BCUT2D eigenvalue weighted by Gasteiger charge is 2.31. The van der Waals surface area contributed by atoms with Crippen LogP contribution in [0.4, 0.5) is 0 Å². The van der Waals surface area contributed by atoms with E-state index >= 15 is 0 Å². The van der Waals surface area contributed by atoms with E-state index in [9.17, 15) is 35.1 Å². The number of rotatable bonds is 10. The van der Waals surface area contributed by atoms with Crippen LogP contribution >= 0.6 is 67.8 Å². The summed E-state index contributed by atoms with van der Waals surface area (Å²) >= 11 is 5.41. The molecule has 0 unspecified atom stereocenters. The van der Waals surface area contributed by atoms with Crippen LogP contribution in [0.15, 0.2) is 0 Å². The molecule has 1 atom stereocenters. The van der Waals surface area contributed by atoms with Crippen LogP contribution in [0.3, 0.4) is 0 Å². The summed E-state index contributed by atoms with van der Waals surface area (Å²) in [7, 11) is 0. The highest BCUT2D eigenvalue weighted by molar-refractivity contribution is 14.1. The van der Waals surface area contributed by atoms with Gasteiger partial charge in [-0.3, -0.25) is 15.0 Å². The fourth-order valence-corrected chi connectivity index (χ4v) is 6.94. The van der Waals surface area contributed by atoms with Crippen molar-refractivity contribution in [1.29, 1.82) is 5.41 Å². The van der Waals surface area contributed by atoms with Gasteiger partial charge in [0.15, 0.2) is 6.29 Å². The maximum absolute atomic E-state index is 12.9. The first-order chi connectivity index (χ1) is 14.5. The lowest BCUT2D eigenvalue weighted by atomic mass is 10.0. The van der Waals surface area contributed by atoms with Crippen molar-refractivity contribution >= 4 is 85.5 Å². The number of nitrogens with one attached hydrogen (secondary N) is 3. The van der Waals surface area contributed by atoms with Gasteiger partial charge < -0.3 is 40.9 Å². The molecular formula is C17H22I3N3O8. The number of aliphatic hydroxyl groups is 5. The molecule has 0 saturated heterocycles. The number of hydrogen-bond acceptors (Lipinski definition) is 9. The number of aliphatic hydroxyl groups excluding tert-OH is 5.